The molecule has 3 rings (SSSR count). The number of nitrogens with one attached hydrogen (secondary N) is 1. The van der Waals surface area contributed by atoms with Gasteiger partial charge >= 0.3 is 0 Å². The lowest BCUT2D eigenvalue weighted by Crippen LogP contribution is -2.26. The van der Waals surface area contributed by atoms with Crippen molar-refractivity contribution in [2.24, 2.45) is 7.05 Å². The van der Waals surface area contributed by atoms with Crippen LogP contribution in [-0.2, 0) is 18.3 Å². The summed E-state index contributed by atoms with van der Waals surface area (Å²) in [5.41, 5.74) is 1.21. The maximum atomic E-state index is 12.0. The Morgan fingerprint density at radius 2 is 2.26 bits per heavy atom. The van der Waals surface area contributed by atoms with Crippen LogP contribution in [0.3, 0.4) is 0 Å². The van der Waals surface area contributed by atoms with Gasteiger partial charge in [-0.15, -0.1) is 10.2 Å². The number of carbonyl (C=O) groups is 1. The van der Waals surface area contributed by atoms with Gasteiger partial charge in [0.1, 0.15) is 5.01 Å². The van der Waals surface area contributed by atoms with Gasteiger partial charge in [-0.1, -0.05) is 11.3 Å². The van der Waals surface area contributed by atoms with E-state index in [1.54, 1.807) is 4.68 Å². The quantitative estimate of drug-likeness (QED) is 0.794. The third-order valence-corrected chi connectivity index (χ3v) is 4.88. The molecule has 0 radical (unpaired) electrons. The first kappa shape index (κ1) is 16.1. The van der Waals surface area contributed by atoms with E-state index in [9.17, 15) is 4.79 Å². The molecule has 1 amide bonds. The molecule has 0 aromatic carbocycles. The number of likely N-dealkylation sites (N-methyl/N-ethyl adjacent to an activating group) is 1. The number of hydrogen-bond acceptors (Lipinski definition) is 6. The van der Waals surface area contributed by atoms with Crippen molar-refractivity contribution in [3.05, 3.63) is 23.0 Å². The van der Waals surface area contributed by atoms with Crippen LogP contribution in [0.1, 0.15) is 35.8 Å². The van der Waals surface area contributed by atoms with Gasteiger partial charge in [-0.25, -0.2) is 0 Å². The Morgan fingerprint density at radius 1 is 1.43 bits per heavy atom. The van der Waals surface area contributed by atoms with E-state index in [-0.39, 0.29) is 5.91 Å². The molecule has 1 saturated carbocycles. The summed E-state index contributed by atoms with van der Waals surface area (Å²) in [6.45, 7) is 1.63. The van der Waals surface area contributed by atoms with Gasteiger partial charge in [0.15, 0.2) is 0 Å². The van der Waals surface area contributed by atoms with Gasteiger partial charge in [0, 0.05) is 38.7 Å². The summed E-state index contributed by atoms with van der Waals surface area (Å²) >= 11 is 1.50. The largest absolute Gasteiger partial charge is 0.306 e. The summed E-state index contributed by atoms with van der Waals surface area (Å²) in [6.07, 6.45) is 7.70. The molecule has 8 heteroatoms. The summed E-state index contributed by atoms with van der Waals surface area (Å²) in [5, 5.41) is 16.8. The van der Waals surface area contributed by atoms with E-state index in [0.29, 0.717) is 17.5 Å². The van der Waals surface area contributed by atoms with Crippen molar-refractivity contribution in [2.45, 2.75) is 31.6 Å². The monoisotopic (exact) mass is 334 g/mol. The molecule has 2 aromatic heterocycles. The predicted octanol–water partition coefficient (Wildman–Crippen LogP) is 1.65. The van der Waals surface area contributed by atoms with E-state index in [2.05, 4.69) is 25.5 Å². The van der Waals surface area contributed by atoms with Gasteiger partial charge in [0.25, 0.3) is 0 Å². The molecule has 124 valence electrons. The second-order valence-electron chi connectivity index (χ2n) is 6.09. The molecular formula is C15H22N6OS. The number of anilines is 1. The van der Waals surface area contributed by atoms with Crippen molar-refractivity contribution in [3.63, 3.8) is 0 Å². The fourth-order valence-corrected chi connectivity index (χ4v) is 3.22. The highest BCUT2D eigenvalue weighted by Gasteiger charge is 2.27. The minimum atomic E-state index is -0.00303. The molecule has 1 N–H and O–H groups in total. The fourth-order valence-electron chi connectivity index (χ4n) is 2.29. The molecule has 0 aliphatic heterocycles. The van der Waals surface area contributed by atoms with Gasteiger partial charge in [0.05, 0.1) is 6.20 Å². The molecular weight excluding hydrogens is 312 g/mol. The lowest BCUT2D eigenvalue weighted by Gasteiger charge is -2.15. The van der Waals surface area contributed by atoms with Crippen LogP contribution in [0, 0.1) is 0 Å². The fraction of sp³-hybridized carbons (Fsp3) is 0.600. The van der Waals surface area contributed by atoms with Crippen LogP contribution in [-0.4, -0.2) is 50.9 Å². The van der Waals surface area contributed by atoms with E-state index in [0.717, 1.165) is 24.5 Å². The SMILES string of the molecule is CN(CCC(=O)Nc1nnc(C2CC2)s1)CCc1cnn(C)c1. The minimum absolute atomic E-state index is 0.00303. The second kappa shape index (κ2) is 7.18. The first-order chi connectivity index (χ1) is 11.1. The maximum Gasteiger partial charge on any atom is 0.227 e. The van der Waals surface area contributed by atoms with Gasteiger partial charge in [-0.2, -0.15) is 5.10 Å². The molecule has 1 fully saturated rings. The number of aryl methyl sites for hydroxylation is 1. The van der Waals surface area contributed by atoms with Crippen LogP contribution < -0.4 is 5.32 Å². The molecule has 1 aliphatic carbocycles. The summed E-state index contributed by atoms with van der Waals surface area (Å²) in [5.74, 6) is 0.577. The Balaban J connectivity index is 1.35. The van der Waals surface area contributed by atoms with Crippen molar-refractivity contribution in [2.75, 3.05) is 25.5 Å². The van der Waals surface area contributed by atoms with Crippen LogP contribution in [0.5, 0.6) is 0 Å². The number of aromatic nitrogens is 4. The maximum absolute atomic E-state index is 12.0. The van der Waals surface area contributed by atoms with Crippen molar-refractivity contribution in [3.8, 4) is 0 Å². The lowest BCUT2D eigenvalue weighted by molar-refractivity contribution is -0.116. The smallest absolute Gasteiger partial charge is 0.227 e. The summed E-state index contributed by atoms with van der Waals surface area (Å²) in [6, 6.07) is 0. The Hall–Kier alpha value is -1.80. The highest BCUT2D eigenvalue weighted by Crippen LogP contribution is 2.41. The van der Waals surface area contributed by atoms with Crippen molar-refractivity contribution >= 4 is 22.4 Å². The molecule has 0 saturated heterocycles. The number of rotatable bonds is 8. The third-order valence-electron chi connectivity index (χ3n) is 3.87. The zero-order valence-electron chi connectivity index (χ0n) is 13.5. The molecule has 2 heterocycles. The number of amides is 1. The predicted molar refractivity (Wildman–Crippen MR) is 89.5 cm³/mol. The molecule has 0 spiro atoms. The zero-order valence-corrected chi connectivity index (χ0v) is 14.3. The molecule has 0 unspecified atom stereocenters. The van der Waals surface area contributed by atoms with E-state index < -0.39 is 0 Å². The first-order valence-electron chi connectivity index (χ1n) is 7.89. The number of nitrogens with zero attached hydrogens (tertiary/aromatic N) is 5. The van der Waals surface area contributed by atoms with Crippen LogP contribution in [0.2, 0.25) is 0 Å². The van der Waals surface area contributed by atoms with Gasteiger partial charge in [-0.05, 0) is 31.9 Å². The number of hydrogen-bond donors (Lipinski definition) is 1. The zero-order chi connectivity index (χ0) is 16.2. The highest BCUT2D eigenvalue weighted by molar-refractivity contribution is 7.15. The highest BCUT2D eigenvalue weighted by atomic mass is 32.1. The number of carbonyl (C=O) groups excluding carboxylic acids is 1. The average molecular weight is 334 g/mol. The van der Waals surface area contributed by atoms with E-state index in [1.165, 1.54) is 29.7 Å². The van der Waals surface area contributed by atoms with Crippen LogP contribution in [0.15, 0.2) is 12.4 Å². The van der Waals surface area contributed by atoms with Crippen LogP contribution >= 0.6 is 11.3 Å². The van der Waals surface area contributed by atoms with Crippen LogP contribution in [0.4, 0.5) is 5.13 Å². The molecule has 23 heavy (non-hydrogen) atoms. The Morgan fingerprint density at radius 3 is 2.96 bits per heavy atom. The Labute approximate surface area is 139 Å². The second-order valence-corrected chi connectivity index (χ2v) is 7.10. The van der Waals surface area contributed by atoms with Gasteiger partial charge in [0.2, 0.25) is 11.0 Å². The first-order valence-corrected chi connectivity index (χ1v) is 8.71. The van der Waals surface area contributed by atoms with Crippen LogP contribution in [0.25, 0.3) is 0 Å². The summed E-state index contributed by atoms with van der Waals surface area (Å²) < 4.78 is 1.81. The lowest BCUT2D eigenvalue weighted by atomic mass is 10.2. The molecule has 7 nitrogen and oxygen atoms in total. The molecule has 0 bridgehead atoms. The minimum Gasteiger partial charge on any atom is -0.306 e. The van der Waals surface area contributed by atoms with Crippen molar-refractivity contribution in [1.29, 1.82) is 0 Å². The molecule has 1 aliphatic rings. The van der Waals surface area contributed by atoms with Crippen molar-refractivity contribution in [1.82, 2.24) is 24.9 Å². The standard InChI is InChI=1S/C15H22N6OS/c1-20(7-5-11-9-16-21(2)10-11)8-6-13(22)17-15-19-18-14(23-15)12-3-4-12/h9-10,12H,3-8H2,1-2H3,(H,17,19,22). The summed E-state index contributed by atoms with van der Waals surface area (Å²) in [7, 11) is 3.94. The average Bonchev–Trinajstić information content (AvgIpc) is 3.14. The van der Waals surface area contributed by atoms with E-state index in [1.807, 2.05) is 26.5 Å². The van der Waals surface area contributed by atoms with Gasteiger partial charge < -0.3 is 10.2 Å². The van der Waals surface area contributed by atoms with Crippen molar-refractivity contribution < 1.29 is 4.79 Å². The normalized spacial score (nSPS) is 14.4. The van der Waals surface area contributed by atoms with E-state index in [4.69, 9.17) is 0 Å². The third kappa shape index (κ3) is 4.84. The molecule has 2 aromatic rings. The Kier molecular flexibility index (Phi) is 5.02. The topological polar surface area (TPSA) is 75.9 Å². The van der Waals surface area contributed by atoms with E-state index >= 15 is 0 Å². The Bertz CT molecular complexity index is 662. The van der Waals surface area contributed by atoms with Gasteiger partial charge in [-0.3, -0.25) is 9.48 Å². The summed E-state index contributed by atoms with van der Waals surface area (Å²) in [4.78, 5) is 14.1. The molecule has 0 atom stereocenters.